The summed E-state index contributed by atoms with van der Waals surface area (Å²) >= 11 is 0. The van der Waals surface area contributed by atoms with Crippen molar-refractivity contribution >= 4 is 23.2 Å². The van der Waals surface area contributed by atoms with Crippen LogP contribution in [0.15, 0.2) is 30.4 Å². The number of aliphatic hydroxyl groups is 1. The molecule has 3 heterocycles. The van der Waals surface area contributed by atoms with Crippen molar-refractivity contribution in [2.24, 2.45) is 11.8 Å². The van der Waals surface area contributed by atoms with Crippen molar-refractivity contribution in [2.45, 2.75) is 18.6 Å². The number of hydrogen-bond acceptors (Lipinski definition) is 6. The molecule has 0 aromatic heterocycles. The summed E-state index contributed by atoms with van der Waals surface area (Å²) in [6.45, 7) is 1.28. The molecule has 4 rings (SSSR count). The number of carbonyl (C=O) groups is 2. The largest absolute Gasteiger partial charge is 0.393 e. The summed E-state index contributed by atoms with van der Waals surface area (Å²) in [6, 6.07) is 4.07. The second-order valence-corrected chi connectivity index (χ2v) is 6.30. The number of aliphatic hydroxyl groups excluding tert-OH is 1. The minimum Gasteiger partial charge on any atom is -0.393 e. The summed E-state index contributed by atoms with van der Waals surface area (Å²) in [5.74, 6) is -2.44. The molecule has 0 unspecified atom stereocenters. The first kappa shape index (κ1) is 15.0. The van der Waals surface area contributed by atoms with Gasteiger partial charge >= 0.3 is 0 Å². The highest BCUT2D eigenvalue weighted by Gasteiger charge is 2.67. The highest BCUT2D eigenvalue weighted by molar-refractivity contribution is 6.23. The number of hydrogen-bond donors (Lipinski definition) is 1. The van der Waals surface area contributed by atoms with Gasteiger partial charge in [-0.15, -0.1) is 0 Å². The first-order chi connectivity index (χ1) is 11.4. The maximum absolute atomic E-state index is 12.9. The topological polar surface area (TPSA) is 110 Å². The number of amides is 2. The quantitative estimate of drug-likeness (QED) is 0.378. The van der Waals surface area contributed by atoms with E-state index in [1.54, 1.807) is 19.1 Å². The second-order valence-electron chi connectivity index (χ2n) is 6.30. The van der Waals surface area contributed by atoms with Gasteiger partial charge in [-0.1, -0.05) is 18.2 Å². The van der Waals surface area contributed by atoms with Gasteiger partial charge in [-0.05, 0) is 12.5 Å². The van der Waals surface area contributed by atoms with Gasteiger partial charge in [0.05, 0.1) is 35.2 Å². The van der Waals surface area contributed by atoms with E-state index in [1.807, 2.05) is 0 Å². The molecule has 1 aromatic carbocycles. The molecule has 0 spiro atoms. The van der Waals surface area contributed by atoms with Crippen LogP contribution in [0.2, 0.25) is 0 Å². The first-order valence-corrected chi connectivity index (χ1v) is 7.50. The summed E-state index contributed by atoms with van der Waals surface area (Å²) in [7, 11) is 0. The lowest BCUT2D eigenvalue weighted by molar-refractivity contribution is -0.384. The Morgan fingerprint density at radius 1 is 1.38 bits per heavy atom. The van der Waals surface area contributed by atoms with Gasteiger partial charge in [0.25, 0.3) is 5.69 Å². The molecule has 24 heavy (non-hydrogen) atoms. The maximum atomic E-state index is 12.9. The molecular formula is C16H14N2O6. The number of benzene rings is 1. The Bertz CT molecular complexity index is 819. The highest BCUT2D eigenvalue weighted by Crippen LogP contribution is 2.52. The van der Waals surface area contributed by atoms with E-state index in [4.69, 9.17) is 4.74 Å². The number of anilines is 1. The number of nitro groups is 1. The number of aryl methyl sites for hydroxylation is 1. The number of ether oxygens (including phenoxy) is 1. The van der Waals surface area contributed by atoms with Crippen molar-refractivity contribution in [3.63, 3.8) is 0 Å². The van der Waals surface area contributed by atoms with Crippen LogP contribution in [0.3, 0.4) is 0 Å². The normalized spacial score (nSPS) is 33.4. The summed E-state index contributed by atoms with van der Waals surface area (Å²) in [5, 5.41) is 20.7. The van der Waals surface area contributed by atoms with Crippen molar-refractivity contribution < 1.29 is 24.4 Å². The van der Waals surface area contributed by atoms with Crippen LogP contribution in [0.4, 0.5) is 11.4 Å². The van der Waals surface area contributed by atoms with E-state index in [2.05, 4.69) is 0 Å². The lowest BCUT2D eigenvalue weighted by Crippen LogP contribution is -2.43. The standard InChI is InChI=1S/C16H14N2O6/c1-8-2-3-9(18(22)23)6-10(8)17-14(20)12-11-4-5-16(7-19,24-11)13(12)15(17)21/h2-6,11-13,19H,7H2,1H3/t11-,12+,13+,16-/m1/s1. The Morgan fingerprint density at radius 3 is 2.79 bits per heavy atom. The van der Waals surface area contributed by atoms with E-state index in [0.29, 0.717) is 5.56 Å². The Labute approximate surface area is 136 Å². The number of nitrogens with zero attached hydrogens (tertiary/aromatic N) is 2. The second kappa shape index (κ2) is 4.71. The molecule has 3 aliphatic rings. The Kier molecular flexibility index (Phi) is 2.94. The first-order valence-electron chi connectivity index (χ1n) is 7.50. The van der Waals surface area contributed by atoms with Crippen LogP contribution in [0.5, 0.6) is 0 Å². The molecule has 8 nitrogen and oxygen atoms in total. The van der Waals surface area contributed by atoms with E-state index in [9.17, 15) is 24.8 Å². The molecule has 124 valence electrons. The van der Waals surface area contributed by atoms with Crippen molar-refractivity contribution in [3.05, 3.63) is 46.0 Å². The fraction of sp³-hybridized carbons (Fsp3) is 0.375. The van der Waals surface area contributed by atoms with E-state index >= 15 is 0 Å². The van der Waals surface area contributed by atoms with E-state index < -0.39 is 46.9 Å². The lowest BCUT2D eigenvalue weighted by Gasteiger charge is -2.26. The summed E-state index contributed by atoms with van der Waals surface area (Å²) in [6.07, 6.45) is 2.77. The minimum atomic E-state index is -1.18. The molecule has 2 amide bonds. The predicted molar refractivity (Wildman–Crippen MR) is 81.1 cm³/mol. The molecule has 0 saturated carbocycles. The molecule has 1 N–H and O–H groups in total. The van der Waals surface area contributed by atoms with Gasteiger partial charge in [0, 0.05) is 12.1 Å². The summed E-state index contributed by atoms with van der Waals surface area (Å²) in [5.41, 5.74) is -0.573. The molecule has 2 saturated heterocycles. The van der Waals surface area contributed by atoms with Crippen LogP contribution in [-0.2, 0) is 14.3 Å². The summed E-state index contributed by atoms with van der Waals surface area (Å²) in [4.78, 5) is 37.2. The van der Waals surface area contributed by atoms with Crippen molar-refractivity contribution in [2.75, 3.05) is 11.5 Å². The fourth-order valence-electron chi connectivity index (χ4n) is 3.87. The highest BCUT2D eigenvalue weighted by atomic mass is 16.6. The molecule has 0 radical (unpaired) electrons. The molecule has 0 aliphatic carbocycles. The van der Waals surface area contributed by atoms with Gasteiger partial charge in [0.1, 0.15) is 5.60 Å². The zero-order valence-electron chi connectivity index (χ0n) is 12.7. The molecule has 2 bridgehead atoms. The third kappa shape index (κ3) is 1.69. The van der Waals surface area contributed by atoms with Gasteiger partial charge < -0.3 is 9.84 Å². The zero-order chi connectivity index (χ0) is 17.2. The number of imide groups is 1. The number of carbonyl (C=O) groups excluding carboxylic acids is 2. The van der Waals surface area contributed by atoms with Crippen LogP contribution in [0, 0.1) is 28.9 Å². The van der Waals surface area contributed by atoms with E-state index in [0.717, 1.165) is 4.90 Å². The van der Waals surface area contributed by atoms with Crippen LogP contribution in [0.25, 0.3) is 0 Å². The van der Waals surface area contributed by atoms with Gasteiger partial charge in [-0.3, -0.25) is 19.7 Å². The number of nitro benzene ring substituents is 1. The molecular weight excluding hydrogens is 316 g/mol. The SMILES string of the molecule is Cc1ccc([N+](=O)[O-])cc1N1C(=O)[C@@H]2[C@@H](C1=O)[C@]1(CO)C=C[C@H]2O1. The number of rotatable bonds is 3. The summed E-state index contributed by atoms with van der Waals surface area (Å²) < 4.78 is 5.66. The van der Waals surface area contributed by atoms with Crippen molar-refractivity contribution in [1.29, 1.82) is 0 Å². The van der Waals surface area contributed by atoms with Crippen molar-refractivity contribution in [3.8, 4) is 0 Å². The molecule has 3 aliphatic heterocycles. The Balaban J connectivity index is 1.80. The van der Waals surface area contributed by atoms with Crippen LogP contribution in [0.1, 0.15) is 5.56 Å². The average Bonchev–Trinajstić information content (AvgIpc) is 3.19. The Morgan fingerprint density at radius 2 is 2.12 bits per heavy atom. The van der Waals surface area contributed by atoms with E-state index in [-0.39, 0.29) is 11.4 Å². The Hall–Kier alpha value is -2.58. The molecule has 1 aromatic rings. The molecule has 2 fully saturated rings. The minimum absolute atomic E-state index is 0.192. The number of non-ortho nitro benzene ring substituents is 1. The predicted octanol–water partition coefficient (Wildman–Crippen LogP) is 0.709. The van der Waals surface area contributed by atoms with Gasteiger partial charge in [0.15, 0.2) is 0 Å². The van der Waals surface area contributed by atoms with Gasteiger partial charge in [-0.2, -0.15) is 0 Å². The zero-order valence-corrected chi connectivity index (χ0v) is 12.7. The smallest absolute Gasteiger partial charge is 0.271 e. The third-order valence-electron chi connectivity index (χ3n) is 5.05. The van der Waals surface area contributed by atoms with E-state index in [1.165, 1.54) is 18.2 Å². The maximum Gasteiger partial charge on any atom is 0.271 e. The van der Waals surface area contributed by atoms with Crippen molar-refractivity contribution in [1.82, 2.24) is 0 Å². The van der Waals surface area contributed by atoms with Crippen LogP contribution in [-0.4, -0.2) is 40.2 Å². The van der Waals surface area contributed by atoms with Gasteiger partial charge in [-0.25, -0.2) is 4.90 Å². The lowest BCUT2D eigenvalue weighted by atomic mass is 9.77. The fourth-order valence-corrected chi connectivity index (χ4v) is 3.87. The van der Waals surface area contributed by atoms with Gasteiger partial charge in [0.2, 0.25) is 11.8 Å². The molecule has 4 atom stereocenters. The monoisotopic (exact) mass is 330 g/mol. The number of fused-ring (bicyclic) bond motifs is 5. The average molecular weight is 330 g/mol. The van der Waals surface area contributed by atoms with Crippen LogP contribution >= 0.6 is 0 Å². The van der Waals surface area contributed by atoms with Crippen LogP contribution < -0.4 is 4.90 Å². The molecule has 8 heteroatoms. The third-order valence-corrected chi connectivity index (χ3v) is 5.05.